The van der Waals surface area contributed by atoms with Crippen LogP contribution in [-0.4, -0.2) is 65.3 Å². The first kappa shape index (κ1) is 42.2. The molecule has 0 aliphatic carbocycles. The lowest BCUT2D eigenvalue weighted by atomic mass is 10.1. The molecule has 0 unspecified atom stereocenters. The molecular weight excluding hydrogens is 855 g/mol. The van der Waals surface area contributed by atoms with Crippen molar-refractivity contribution in [2.24, 2.45) is 30.7 Å². The molecular formula is C39H31N7O12S3. The minimum atomic E-state index is -4.95. The molecule has 0 bridgehead atoms. The topological polar surface area (TPSA) is 288 Å². The summed E-state index contributed by atoms with van der Waals surface area (Å²) < 4.78 is 113. The number of phenols is 1. The third kappa shape index (κ3) is 8.84. The van der Waals surface area contributed by atoms with Gasteiger partial charge in [0.2, 0.25) is 0 Å². The quantitative estimate of drug-likeness (QED) is 0.0564. The number of azo groups is 3. The van der Waals surface area contributed by atoms with Gasteiger partial charge in [0, 0.05) is 41.0 Å². The Morgan fingerprint density at radius 2 is 1.03 bits per heavy atom. The molecule has 7 aromatic carbocycles. The van der Waals surface area contributed by atoms with Gasteiger partial charge in [-0.25, -0.2) is 0 Å². The number of hydrogen-bond donors (Lipinski definition) is 5. The fourth-order valence-corrected chi connectivity index (χ4v) is 7.89. The first-order valence-corrected chi connectivity index (χ1v) is 21.7. The number of methoxy groups -OCH3 is 2. The second-order valence-electron chi connectivity index (χ2n) is 13.0. The fraction of sp³-hybridized carbons (Fsp3) is 0.0769. The third-order valence-corrected chi connectivity index (χ3v) is 11.8. The van der Waals surface area contributed by atoms with E-state index < -0.39 is 51.6 Å². The molecule has 5 N–H and O–H groups in total. The summed E-state index contributed by atoms with van der Waals surface area (Å²) in [5, 5.41) is 41.4. The van der Waals surface area contributed by atoms with Gasteiger partial charge in [0.15, 0.2) is 5.75 Å². The van der Waals surface area contributed by atoms with Crippen LogP contribution in [0, 0.1) is 0 Å². The van der Waals surface area contributed by atoms with Gasteiger partial charge in [-0.1, -0.05) is 18.2 Å². The molecule has 0 amide bonds. The van der Waals surface area contributed by atoms with Crippen LogP contribution in [0.4, 0.5) is 39.8 Å². The van der Waals surface area contributed by atoms with E-state index in [-0.39, 0.29) is 60.7 Å². The Labute approximate surface area is 347 Å². The Kier molecular flexibility index (Phi) is 11.2. The van der Waals surface area contributed by atoms with E-state index in [9.17, 15) is 44.0 Å². The smallest absolute Gasteiger partial charge is 0.296 e. The standard InChI is InChI=1S/C39H31N7O12S3/c1-40-24-7-10-28-23(15-24)17-37(61(54,55)56)38(39(28)47)46-43-32-13-12-31(29-11-9-27(18-30(29)32)60(51,52)53)42-45-34-20-35(57-2)33(19-36(34)58-3)44-41-25-6-4-22-16-26(59(48,49)50)8-5-21(22)14-25/h4-20,40,47H,1-3H3,(H,48,49,50)(H,51,52,53)(H,54,55,56). The van der Waals surface area contributed by atoms with E-state index in [0.717, 1.165) is 18.2 Å². The van der Waals surface area contributed by atoms with Crippen LogP contribution in [0.1, 0.15) is 0 Å². The maximum Gasteiger partial charge on any atom is 0.296 e. The summed E-state index contributed by atoms with van der Waals surface area (Å²) in [6.07, 6.45) is 0. The van der Waals surface area contributed by atoms with E-state index >= 15 is 0 Å². The third-order valence-electron chi connectivity index (χ3n) is 9.23. The number of aromatic hydroxyl groups is 1. The zero-order valence-corrected chi connectivity index (χ0v) is 34.2. The average molecular weight is 886 g/mol. The summed E-state index contributed by atoms with van der Waals surface area (Å²) in [7, 11) is -9.63. The molecule has 0 spiro atoms. The Hall–Kier alpha value is -6.95. The molecule has 61 heavy (non-hydrogen) atoms. The van der Waals surface area contributed by atoms with Crippen LogP contribution in [0.25, 0.3) is 32.3 Å². The highest BCUT2D eigenvalue weighted by atomic mass is 32.2. The minimum Gasteiger partial charge on any atom is -0.505 e. The molecule has 0 aliphatic heterocycles. The van der Waals surface area contributed by atoms with E-state index in [1.807, 2.05) is 0 Å². The summed E-state index contributed by atoms with van der Waals surface area (Å²) in [5.74, 6) is -0.182. The summed E-state index contributed by atoms with van der Waals surface area (Å²) in [6, 6.07) is 24.2. The zero-order valence-electron chi connectivity index (χ0n) is 31.8. The van der Waals surface area contributed by atoms with Gasteiger partial charge in [-0.3, -0.25) is 13.7 Å². The molecule has 0 heterocycles. The molecule has 0 radical (unpaired) electrons. The van der Waals surface area contributed by atoms with E-state index in [1.165, 1.54) is 68.8 Å². The van der Waals surface area contributed by atoms with E-state index in [4.69, 9.17) is 9.47 Å². The lowest BCUT2D eigenvalue weighted by Crippen LogP contribution is -1.99. The summed E-state index contributed by atoms with van der Waals surface area (Å²) >= 11 is 0. The van der Waals surface area contributed by atoms with Crippen molar-refractivity contribution in [3.8, 4) is 17.2 Å². The van der Waals surface area contributed by atoms with E-state index in [1.54, 1.807) is 37.4 Å². The lowest BCUT2D eigenvalue weighted by molar-refractivity contribution is 0.405. The van der Waals surface area contributed by atoms with Crippen molar-refractivity contribution < 1.29 is 53.5 Å². The maximum absolute atomic E-state index is 12.4. The highest BCUT2D eigenvalue weighted by molar-refractivity contribution is 7.86. The lowest BCUT2D eigenvalue weighted by Gasteiger charge is -2.11. The van der Waals surface area contributed by atoms with Gasteiger partial charge >= 0.3 is 0 Å². The number of ether oxygens (including phenoxy) is 2. The monoisotopic (exact) mass is 885 g/mol. The van der Waals surface area contributed by atoms with Crippen molar-refractivity contribution >= 4 is 102 Å². The van der Waals surface area contributed by atoms with Crippen molar-refractivity contribution in [2.75, 3.05) is 26.6 Å². The van der Waals surface area contributed by atoms with Crippen LogP contribution in [0.5, 0.6) is 17.2 Å². The van der Waals surface area contributed by atoms with Crippen LogP contribution in [-0.2, 0) is 30.4 Å². The van der Waals surface area contributed by atoms with Crippen LogP contribution in [0.3, 0.4) is 0 Å². The Morgan fingerprint density at radius 1 is 0.492 bits per heavy atom. The molecule has 0 aromatic heterocycles. The molecule has 0 atom stereocenters. The molecule has 312 valence electrons. The predicted molar refractivity (Wildman–Crippen MR) is 225 cm³/mol. The first-order chi connectivity index (χ1) is 28.9. The maximum atomic E-state index is 12.4. The number of hydrogen-bond acceptors (Lipinski definition) is 16. The van der Waals surface area contributed by atoms with Crippen LogP contribution < -0.4 is 14.8 Å². The van der Waals surface area contributed by atoms with Gasteiger partial charge in [0.1, 0.15) is 33.5 Å². The fourth-order valence-electron chi connectivity index (χ4n) is 6.21. The van der Waals surface area contributed by atoms with Crippen molar-refractivity contribution in [3.05, 3.63) is 103 Å². The molecule has 0 aliphatic rings. The summed E-state index contributed by atoms with van der Waals surface area (Å²) in [4.78, 5) is -1.50. The average Bonchev–Trinajstić information content (AvgIpc) is 3.22. The Bertz CT molecular complexity index is 3380. The first-order valence-electron chi connectivity index (χ1n) is 17.4. The highest BCUT2D eigenvalue weighted by Crippen LogP contribution is 2.45. The van der Waals surface area contributed by atoms with Gasteiger partial charge in [-0.15, -0.1) is 25.6 Å². The Morgan fingerprint density at radius 3 is 1.66 bits per heavy atom. The molecule has 0 fully saturated rings. The second kappa shape index (κ2) is 16.2. The number of anilines is 1. The number of benzene rings is 7. The molecule has 0 saturated carbocycles. The molecule has 7 aromatic rings. The van der Waals surface area contributed by atoms with Crippen LogP contribution in [0.2, 0.25) is 0 Å². The molecule has 7 rings (SSSR count). The predicted octanol–water partition coefficient (Wildman–Crippen LogP) is 9.90. The molecule has 22 heteroatoms. The van der Waals surface area contributed by atoms with E-state index in [2.05, 4.69) is 36.0 Å². The molecule has 19 nitrogen and oxygen atoms in total. The Balaban J connectivity index is 1.26. The van der Waals surface area contributed by atoms with Crippen molar-refractivity contribution in [1.82, 2.24) is 0 Å². The van der Waals surface area contributed by atoms with E-state index in [0.29, 0.717) is 22.1 Å². The number of nitrogens with zero attached hydrogens (tertiary/aromatic N) is 6. The number of nitrogens with one attached hydrogen (secondary N) is 1. The SMILES string of the molecule is CNc1ccc2c(O)c(N=Nc3ccc(N=Nc4cc(OC)c(N=Nc5ccc6cc(S(=O)(=O)O)ccc6c5)cc4OC)c4ccc(S(=O)(=O)O)cc34)c(S(=O)(=O)O)cc2c1. The summed E-state index contributed by atoms with van der Waals surface area (Å²) in [6.45, 7) is 0. The van der Waals surface area contributed by atoms with Crippen LogP contribution in [0.15, 0.2) is 149 Å². The minimum absolute atomic E-state index is 0.0472. The number of fused-ring (bicyclic) bond motifs is 3. The van der Waals surface area contributed by atoms with Gasteiger partial charge < -0.3 is 19.9 Å². The normalized spacial score (nSPS) is 12.7. The van der Waals surface area contributed by atoms with Gasteiger partial charge in [-0.2, -0.15) is 30.4 Å². The van der Waals surface area contributed by atoms with Crippen molar-refractivity contribution in [2.45, 2.75) is 14.7 Å². The highest BCUT2D eigenvalue weighted by Gasteiger charge is 2.23. The van der Waals surface area contributed by atoms with Crippen molar-refractivity contribution in [1.29, 1.82) is 0 Å². The van der Waals surface area contributed by atoms with Gasteiger partial charge in [0.05, 0.1) is 41.1 Å². The summed E-state index contributed by atoms with van der Waals surface area (Å²) in [5.41, 5.74) is 0.975. The number of phenolic OH excluding ortho intramolecular Hbond substituents is 1. The molecule has 0 saturated heterocycles. The van der Waals surface area contributed by atoms with Crippen molar-refractivity contribution in [3.63, 3.8) is 0 Å². The van der Waals surface area contributed by atoms with Gasteiger partial charge in [-0.05, 0) is 89.0 Å². The largest absolute Gasteiger partial charge is 0.505 e. The second-order valence-corrected chi connectivity index (χ2v) is 17.2. The number of rotatable bonds is 12. The zero-order chi connectivity index (χ0) is 43.9. The van der Waals surface area contributed by atoms with Gasteiger partial charge in [0.25, 0.3) is 30.4 Å². The van der Waals surface area contributed by atoms with Crippen LogP contribution >= 0.6 is 0 Å².